The normalized spacial score (nSPS) is 16.7. The van der Waals surface area contributed by atoms with Crippen molar-refractivity contribution in [3.63, 3.8) is 0 Å². The summed E-state index contributed by atoms with van der Waals surface area (Å²) < 4.78 is 5.39. The van der Waals surface area contributed by atoms with E-state index in [1.165, 1.54) is 11.6 Å². The first-order chi connectivity index (χ1) is 11.1. The number of rotatable bonds is 4. The fourth-order valence-electron chi connectivity index (χ4n) is 3.17. The lowest BCUT2D eigenvalue weighted by molar-refractivity contribution is -0.123. The highest BCUT2D eigenvalue weighted by Crippen LogP contribution is 2.31. The summed E-state index contributed by atoms with van der Waals surface area (Å²) in [6.45, 7) is 1.80. The summed E-state index contributed by atoms with van der Waals surface area (Å²) in [5.41, 5.74) is 2.47. The van der Waals surface area contributed by atoms with Gasteiger partial charge in [-0.25, -0.2) is 4.79 Å². The minimum absolute atomic E-state index is 0.0388. The summed E-state index contributed by atoms with van der Waals surface area (Å²) in [6, 6.07) is 9.51. The molecule has 1 amide bonds. The van der Waals surface area contributed by atoms with Crippen LogP contribution in [0.25, 0.3) is 0 Å². The van der Waals surface area contributed by atoms with Crippen LogP contribution in [0, 0.1) is 6.92 Å². The molecule has 0 fully saturated rings. The van der Waals surface area contributed by atoms with E-state index in [0.29, 0.717) is 11.5 Å². The molecule has 1 atom stereocenters. The average Bonchev–Trinajstić information content (AvgIpc) is 2.93. The Hall–Kier alpha value is -2.56. The van der Waals surface area contributed by atoms with Crippen molar-refractivity contribution < 1.29 is 19.1 Å². The first kappa shape index (κ1) is 15.3. The van der Waals surface area contributed by atoms with Crippen LogP contribution in [0.4, 0.5) is 0 Å². The van der Waals surface area contributed by atoms with Crippen LogP contribution in [0.5, 0.6) is 0 Å². The summed E-state index contributed by atoms with van der Waals surface area (Å²) in [5.74, 6) is -0.398. The zero-order valence-electron chi connectivity index (χ0n) is 13.0. The van der Waals surface area contributed by atoms with E-state index >= 15 is 0 Å². The van der Waals surface area contributed by atoms with Gasteiger partial charge in [0.1, 0.15) is 17.1 Å². The quantitative estimate of drug-likeness (QED) is 0.909. The summed E-state index contributed by atoms with van der Waals surface area (Å²) in [7, 11) is 0. The number of benzene rings is 1. The SMILES string of the molecule is Cc1oc(CNC(=O)C2CCCc3ccccc32)cc1C(=O)O. The number of hydrogen-bond donors (Lipinski definition) is 2. The maximum atomic E-state index is 12.5. The molecule has 2 N–H and O–H groups in total. The molecule has 1 aromatic carbocycles. The molecule has 0 bridgehead atoms. The molecule has 0 radical (unpaired) electrons. The predicted octanol–water partition coefficient (Wildman–Crippen LogP) is 3.02. The Morgan fingerprint density at radius 2 is 2.13 bits per heavy atom. The first-order valence-corrected chi connectivity index (χ1v) is 7.74. The molecule has 1 unspecified atom stereocenters. The minimum atomic E-state index is -1.02. The van der Waals surface area contributed by atoms with Gasteiger partial charge in [0.05, 0.1) is 12.5 Å². The van der Waals surface area contributed by atoms with Gasteiger partial charge in [0, 0.05) is 0 Å². The van der Waals surface area contributed by atoms with Gasteiger partial charge in [0.2, 0.25) is 5.91 Å². The lowest BCUT2D eigenvalue weighted by Crippen LogP contribution is -2.30. The average molecular weight is 313 g/mol. The van der Waals surface area contributed by atoms with Gasteiger partial charge in [-0.2, -0.15) is 0 Å². The van der Waals surface area contributed by atoms with Crippen molar-refractivity contribution >= 4 is 11.9 Å². The number of carboxylic acids is 1. The number of fused-ring (bicyclic) bond motifs is 1. The number of carbonyl (C=O) groups excluding carboxylic acids is 1. The summed E-state index contributed by atoms with van der Waals surface area (Å²) in [4.78, 5) is 23.5. The molecule has 5 heteroatoms. The molecular formula is C18H19NO4. The lowest BCUT2D eigenvalue weighted by atomic mass is 9.82. The number of aryl methyl sites for hydroxylation is 2. The Balaban J connectivity index is 1.69. The van der Waals surface area contributed by atoms with Gasteiger partial charge in [-0.1, -0.05) is 24.3 Å². The number of nitrogens with one attached hydrogen (secondary N) is 1. The van der Waals surface area contributed by atoms with Crippen LogP contribution < -0.4 is 5.32 Å². The molecular weight excluding hydrogens is 294 g/mol. The topological polar surface area (TPSA) is 79.5 Å². The van der Waals surface area contributed by atoms with Crippen LogP contribution in [0.1, 0.15) is 51.8 Å². The molecule has 120 valence electrons. The summed E-state index contributed by atoms with van der Waals surface area (Å²) >= 11 is 0. The second-order valence-electron chi connectivity index (χ2n) is 5.85. The van der Waals surface area contributed by atoms with Crippen LogP contribution in [0.2, 0.25) is 0 Å². The third-order valence-electron chi connectivity index (χ3n) is 4.32. The number of carboxylic acid groups (broad SMARTS) is 1. The van der Waals surface area contributed by atoms with Crippen LogP contribution in [-0.4, -0.2) is 17.0 Å². The molecule has 0 spiro atoms. The van der Waals surface area contributed by atoms with Crippen molar-refractivity contribution in [1.82, 2.24) is 5.32 Å². The van der Waals surface area contributed by atoms with Gasteiger partial charge in [-0.3, -0.25) is 4.79 Å². The van der Waals surface area contributed by atoms with E-state index in [-0.39, 0.29) is 23.9 Å². The molecule has 1 heterocycles. The second kappa shape index (κ2) is 6.28. The number of amides is 1. The van der Waals surface area contributed by atoms with Crippen LogP contribution >= 0.6 is 0 Å². The Bertz CT molecular complexity index is 747. The molecule has 3 rings (SSSR count). The largest absolute Gasteiger partial charge is 0.478 e. The monoisotopic (exact) mass is 313 g/mol. The van der Waals surface area contributed by atoms with Crippen LogP contribution in [-0.2, 0) is 17.8 Å². The lowest BCUT2D eigenvalue weighted by Gasteiger charge is -2.24. The van der Waals surface area contributed by atoms with Gasteiger partial charge in [-0.15, -0.1) is 0 Å². The summed E-state index contributed by atoms with van der Waals surface area (Å²) in [6.07, 6.45) is 2.85. The highest BCUT2D eigenvalue weighted by molar-refractivity contribution is 5.89. The van der Waals surface area contributed by atoms with Crippen molar-refractivity contribution in [2.24, 2.45) is 0 Å². The zero-order valence-corrected chi connectivity index (χ0v) is 13.0. The Morgan fingerprint density at radius 1 is 1.35 bits per heavy atom. The van der Waals surface area contributed by atoms with Crippen LogP contribution in [0.15, 0.2) is 34.7 Å². The minimum Gasteiger partial charge on any atom is -0.478 e. The van der Waals surface area contributed by atoms with Crippen molar-refractivity contribution in [2.75, 3.05) is 0 Å². The molecule has 2 aromatic rings. The van der Waals surface area contributed by atoms with Crippen molar-refractivity contribution in [3.8, 4) is 0 Å². The molecule has 0 aliphatic heterocycles. The van der Waals surface area contributed by atoms with Crippen molar-refractivity contribution in [2.45, 2.75) is 38.6 Å². The molecule has 1 aliphatic rings. The number of furan rings is 1. The Morgan fingerprint density at radius 3 is 2.87 bits per heavy atom. The highest BCUT2D eigenvalue weighted by atomic mass is 16.4. The van der Waals surface area contributed by atoms with Crippen molar-refractivity contribution in [1.29, 1.82) is 0 Å². The standard InChI is InChI=1S/C18H19NO4/c1-11-16(18(21)22)9-13(23-11)10-19-17(20)15-8-4-6-12-5-2-3-7-14(12)15/h2-3,5,7,9,15H,4,6,8,10H2,1H3,(H,19,20)(H,21,22). The van der Waals surface area contributed by atoms with Crippen LogP contribution in [0.3, 0.4) is 0 Å². The van der Waals surface area contributed by atoms with Gasteiger partial charge < -0.3 is 14.8 Å². The predicted molar refractivity (Wildman–Crippen MR) is 84.4 cm³/mol. The van der Waals surface area contributed by atoms with E-state index in [2.05, 4.69) is 11.4 Å². The third kappa shape index (κ3) is 3.13. The van der Waals surface area contributed by atoms with Gasteiger partial charge in [0.15, 0.2) is 0 Å². The highest BCUT2D eigenvalue weighted by Gasteiger charge is 2.26. The van der Waals surface area contributed by atoms with E-state index in [1.54, 1.807) is 6.92 Å². The van der Waals surface area contributed by atoms with Gasteiger partial charge in [0.25, 0.3) is 0 Å². The Labute approximate surface area is 134 Å². The molecule has 0 saturated carbocycles. The molecule has 0 saturated heterocycles. The maximum Gasteiger partial charge on any atom is 0.339 e. The smallest absolute Gasteiger partial charge is 0.339 e. The van der Waals surface area contributed by atoms with Crippen molar-refractivity contribution in [3.05, 3.63) is 58.5 Å². The Kier molecular flexibility index (Phi) is 4.19. The molecule has 1 aromatic heterocycles. The van der Waals surface area contributed by atoms with E-state index in [0.717, 1.165) is 24.8 Å². The van der Waals surface area contributed by atoms with Gasteiger partial charge >= 0.3 is 5.97 Å². The van der Waals surface area contributed by atoms with E-state index in [4.69, 9.17) is 9.52 Å². The zero-order chi connectivity index (χ0) is 16.4. The molecule has 1 aliphatic carbocycles. The number of aromatic carboxylic acids is 1. The second-order valence-corrected chi connectivity index (χ2v) is 5.85. The number of carbonyl (C=O) groups is 2. The number of hydrogen-bond acceptors (Lipinski definition) is 3. The molecule has 5 nitrogen and oxygen atoms in total. The molecule has 23 heavy (non-hydrogen) atoms. The van der Waals surface area contributed by atoms with E-state index < -0.39 is 5.97 Å². The maximum absolute atomic E-state index is 12.5. The van der Waals surface area contributed by atoms with Gasteiger partial charge in [-0.05, 0) is 43.4 Å². The third-order valence-corrected chi connectivity index (χ3v) is 4.32. The van der Waals surface area contributed by atoms with E-state index in [1.807, 2.05) is 18.2 Å². The fraction of sp³-hybridized carbons (Fsp3) is 0.333. The first-order valence-electron chi connectivity index (χ1n) is 7.74. The summed E-state index contributed by atoms with van der Waals surface area (Å²) in [5, 5.41) is 11.9. The van der Waals surface area contributed by atoms with E-state index in [9.17, 15) is 9.59 Å². The fourth-order valence-corrected chi connectivity index (χ4v) is 3.17.